The molecule has 0 saturated heterocycles. The summed E-state index contributed by atoms with van der Waals surface area (Å²) in [5.41, 5.74) is 1.34. The molecule has 0 saturated carbocycles. The van der Waals surface area contributed by atoms with Gasteiger partial charge in [-0.05, 0) is 31.2 Å². The molecule has 3 rings (SSSR count). The first-order valence-corrected chi connectivity index (χ1v) is 8.61. The second-order valence-electron chi connectivity index (χ2n) is 5.99. The number of amides is 1. The normalized spacial score (nSPS) is 11.5. The lowest BCUT2D eigenvalue weighted by Crippen LogP contribution is -2.30. The van der Waals surface area contributed by atoms with Crippen LogP contribution in [0.1, 0.15) is 17.3 Å². The molecule has 0 aliphatic carbocycles. The van der Waals surface area contributed by atoms with Crippen LogP contribution >= 0.6 is 0 Å². The third kappa shape index (κ3) is 4.03. The number of rotatable bonds is 6. The van der Waals surface area contributed by atoms with Crippen LogP contribution in [-0.2, 0) is 9.53 Å². The number of hydrogen-bond acceptors (Lipinski definition) is 6. The average Bonchev–Trinajstić information content (AvgIpc) is 2.72. The smallest absolute Gasteiger partial charge is 0.341 e. The second kappa shape index (κ2) is 8.39. The van der Waals surface area contributed by atoms with Crippen molar-refractivity contribution in [2.45, 2.75) is 13.0 Å². The summed E-state index contributed by atoms with van der Waals surface area (Å²) in [5.74, 6) is -0.0526. The minimum Gasteiger partial charge on any atom is -0.493 e. The lowest BCUT2D eigenvalue weighted by Gasteiger charge is -2.15. The summed E-state index contributed by atoms with van der Waals surface area (Å²) in [6, 6.07) is 13.8. The van der Waals surface area contributed by atoms with Gasteiger partial charge in [0.05, 0.1) is 25.3 Å². The van der Waals surface area contributed by atoms with E-state index in [0.29, 0.717) is 28.3 Å². The number of carbonyl (C=O) groups is 2. The largest absolute Gasteiger partial charge is 0.493 e. The Bertz CT molecular complexity index is 1010. The Balaban J connectivity index is 1.71. The maximum atomic E-state index is 12.5. The van der Waals surface area contributed by atoms with Crippen LogP contribution in [0.25, 0.3) is 10.9 Å². The molecule has 1 atom stereocenters. The summed E-state index contributed by atoms with van der Waals surface area (Å²) >= 11 is 0. The zero-order valence-electron chi connectivity index (χ0n) is 15.8. The first kappa shape index (κ1) is 19.2. The second-order valence-corrected chi connectivity index (χ2v) is 5.99. The number of nitrogens with one attached hydrogen (secondary N) is 1. The van der Waals surface area contributed by atoms with Crippen LogP contribution in [0.2, 0.25) is 0 Å². The number of benzene rings is 2. The Hall–Kier alpha value is -3.61. The van der Waals surface area contributed by atoms with Crippen molar-refractivity contribution in [2.75, 3.05) is 19.5 Å². The van der Waals surface area contributed by atoms with Gasteiger partial charge < -0.3 is 19.5 Å². The molecule has 0 aliphatic heterocycles. The lowest BCUT2D eigenvalue weighted by molar-refractivity contribution is -0.123. The van der Waals surface area contributed by atoms with Crippen LogP contribution in [0.3, 0.4) is 0 Å². The quantitative estimate of drug-likeness (QED) is 0.659. The van der Waals surface area contributed by atoms with Crippen LogP contribution in [0.15, 0.2) is 54.7 Å². The highest BCUT2D eigenvalue weighted by Gasteiger charge is 2.21. The summed E-state index contributed by atoms with van der Waals surface area (Å²) in [6.07, 6.45) is 0.603. The van der Waals surface area contributed by atoms with Crippen LogP contribution in [0.4, 0.5) is 5.69 Å². The van der Waals surface area contributed by atoms with Crippen LogP contribution in [0, 0.1) is 0 Å². The van der Waals surface area contributed by atoms with Gasteiger partial charge in [-0.25, -0.2) is 4.79 Å². The third-order valence-corrected chi connectivity index (χ3v) is 4.16. The number of carbonyl (C=O) groups excluding carboxylic acids is 2. The van der Waals surface area contributed by atoms with Gasteiger partial charge in [-0.1, -0.05) is 18.2 Å². The topological polar surface area (TPSA) is 86.8 Å². The molecule has 0 bridgehead atoms. The number of esters is 1. The molecule has 1 amide bonds. The van der Waals surface area contributed by atoms with Crippen molar-refractivity contribution < 1.29 is 23.8 Å². The Morgan fingerprint density at radius 3 is 2.50 bits per heavy atom. The zero-order valence-corrected chi connectivity index (χ0v) is 15.8. The highest BCUT2D eigenvalue weighted by atomic mass is 16.5. The number of hydrogen-bond donors (Lipinski definition) is 1. The summed E-state index contributed by atoms with van der Waals surface area (Å²) < 4.78 is 15.7. The van der Waals surface area contributed by atoms with Crippen molar-refractivity contribution in [3.8, 4) is 11.5 Å². The maximum Gasteiger partial charge on any atom is 0.341 e. The van der Waals surface area contributed by atoms with E-state index in [1.807, 2.05) is 12.1 Å². The van der Waals surface area contributed by atoms with E-state index in [0.717, 1.165) is 5.39 Å². The maximum absolute atomic E-state index is 12.5. The van der Waals surface area contributed by atoms with Gasteiger partial charge in [-0.3, -0.25) is 9.78 Å². The Morgan fingerprint density at radius 1 is 1.00 bits per heavy atom. The summed E-state index contributed by atoms with van der Waals surface area (Å²) in [4.78, 5) is 29.2. The van der Waals surface area contributed by atoms with Gasteiger partial charge in [0.15, 0.2) is 17.6 Å². The van der Waals surface area contributed by atoms with Gasteiger partial charge in [0.1, 0.15) is 0 Å². The Morgan fingerprint density at radius 2 is 1.75 bits per heavy atom. The number of anilines is 1. The van der Waals surface area contributed by atoms with E-state index < -0.39 is 18.0 Å². The molecule has 0 unspecified atom stereocenters. The molecule has 2 aromatic carbocycles. The van der Waals surface area contributed by atoms with E-state index in [2.05, 4.69) is 10.3 Å². The molecule has 0 aliphatic rings. The predicted molar refractivity (Wildman–Crippen MR) is 105 cm³/mol. The number of nitrogens with zero attached hydrogens (tertiary/aromatic N) is 1. The molecule has 0 spiro atoms. The van der Waals surface area contributed by atoms with Crippen LogP contribution in [-0.4, -0.2) is 37.2 Å². The van der Waals surface area contributed by atoms with Crippen LogP contribution in [0.5, 0.6) is 11.5 Å². The molecule has 7 nitrogen and oxygen atoms in total. The number of fused-ring (bicyclic) bond motifs is 1. The number of methoxy groups -OCH3 is 2. The van der Waals surface area contributed by atoms with Gasteiger partial charge in [0.2, 0.25) is 0 Å². The number of pyridine rings is 1. The highest BCUT2D eigenvalue weighted by molar-refractivity contribution is 6.04. The number of para-hydroxylation sites is 1. The molecule has 1 heterocycles. The lowest BCUT2D eigenvalue weighted by atomic mass is 10.1. The molecule has 7 heteroatoms. The van der Waals surface area contributed by atoms with Gasteiger partial charge >= 0.3 is 5.97 Å². The SMILES string of the molecule is COc1ccc(NC(=O)[C@@H](C)OC(=O)c2cccc3cccnc23)cc1OC. The average molecular weight is 380 g/mol. The first-order valence-electron chi connectivity index (χ1n) is 8.61. The van der Waals surface area contributed by atoms with Crippen molar-refractivity contribution in [2.24, 2.45) is 0 Å². The number of ether oxygens (including phenoxy) is 3. The molecule has 1 aromatic heterocycles. The monoisotopic (exact) mass is 380 g/mol. The first-order chi connectivity index (χ1) is 13.5. The fraction of sp³-hybridized carbons (Fsp3) is 0.190. The number of aromatic nitrogens is 1. The third-order valence-electron chi connectivity index (χ3n) is 4.16. The van der Waals surface area contributed by atoms with E-state index in [1.165, 1.54) is 21.1 Å². The van der Waals surface area contributed by atoms with Crippen molar-refractivity contribution in [1.82, 2.24) is 4.98 Å². The highest BCUT2D eigenvalue weighted by Crippen LogP contribution is 2.29. The predicted octanol–water partition coefficient (Wildman–Crippen LogP) is 3.44. The zero-order chi connectivity index (χ0) is 20.1. The van der Waals surface area contributed by atoms with Crippen LogP contribution < -0.4 is 14.8 Å². The van der Waals surface area contributed by atoms with Gasteiger partial charge in [-0.15, -0.1) is 0 Å². The van der Waals surface area contributed by atoms with E-state index in [1.54, 1.807) is 42.6 Å². The van der Waals surface area contributed by atoms with E-state index in [-0.39, 0.29) is 0 Å². The Kier molecular flexibility index (Phi) is 5.74. The molecule has 28 heavy (non-hydrogen) atoms. The van der Waals surface area contributed by atoms with Crippen molar-refractivity contribution in [1.29, 1.82) is 0 Å². The van der Waals surface area contributed by atoms with E-state index in [4.69, 9.17) is 14.2 Å². The van der Waals surface area contributed by atoms with Gasteiger partial charge in [-0.2, -0.15) is 0 Å². The fourth-order valence-corrected chi connectivity index (χ4v) is 2.70. The van der Waals surface area contributed by atoms with Gasteiger partial charge in [0.25, 0.3) is 5.91 Å². The van der Waals surface area contributed by atoms with Crippen molar-refractivity contribution >= 4 is 28.5 Å². The van der Waals surface area contributed by atoms with E-state index >= 15 is 0 Å². The molecular weight excluding hydrogens is 360 g/mol. The van der Waals surface area contributed by atoms with Crippen molar-refractivity contribution in [3.63, 3.8) is 0 Å². The summed E-state index contributed by atoms with van der Waals surface area (Å²) in [7, 11) is 3.03. The standard InChI is InChI=1S/C21H20N2O5/c1-13(20(24)23-15-9-10-17(26-2)18(12-15)27-3)28-21(25)16-8-4-6-14-7-5-11-22-19(14)16/h4-13H,1-3H3,(H,23,24)/t13-/m1/s1. The molecule has 0 radical (unpaired) electrons. The van der Waals surface area contributed by atoms with E-state index in [9.17, 15) is 9.59 Å². The molecule has 0 fully saturated rings. The molecule has 1 N–H and O–H groups in total. The minimum absolute atomic E-state index is 0.309. The van der Waals surface area contributed by atoms with Gasteiger partial charge in [0, 0.05) is 23.3 Å². The fourth-order valence-electron chi connectivity index (χ4n) is 2.70. The Labute approximate surface area is 162 Å². The minimum atomic E-state index is -1.00. The van der Waals surface area contributed by atoms with Crippen molar-refractivity contribution in [3.05, 3.63) is 60.3 Å². The molecular formula is C21H20N2O5. The molecule has 144 valence electrons. The summed E-state index contributed by atoms with van der Waals surface area (Å²) in [6.45, 7) is 1.51. The summed E-state index contributed by atoms with van der Waals surface area (Å²) in [5, 5.41) is 3.51. The molecule has 3 aromatic rings.